The summed E-state index contributed by atoms with van der Waals surface area (Å²) in [5, 5.41) is 17.4. The zero-order valence-electron chi connectivity index (χ0n) is 16.6. The van der Waals surface area contributed by atoms with Crippen molar-refractivity contribution in [1.29, 1.82) is 0 Å². The molecule has 29 heavy (non-hydrogen) atoms. The minimum Gasteiger partial charge on any atom is -0.384 e. The quantitative estimate of drug-likeness (QED) is 0.519. The SMILES string of the molecule is CC(OCCCNC(=O)Cn1cc(C(O)c2ccccc2)cn1)c1ccccc1. The van der Waals surface area contributed by atoms with E-state index < -0.39 is 6.10 Å². The molecule has 0 bridgehead atoms. The van der Waals surface area contributed by atoms with Crippen LogP contribution in [0.15, 0.2) is 73.1 Å². The van der Waals surface area contributed by atoms with E-state index in [4.69, 9.17) is 4.74 Å². The number of ether oxygens (including phenoxy) is 1. The van der Waals surface area contributed by atoms with Gasteiger partial charge in [0.2, 0.25) is 5.91 Å². The second kappa shape index (κ2) is 10.5. The molecule has 0 aliphatic rings. The fourth-order valence-electron chi connectivity index (χ4n) is 3.02. The third-order valence-corrected chi connectivity index (χ3v) is 4.67. The molecule has 0 radical (unpaired) electrons. The summed E-state index contributed by atoms with van der Waals surface area (Å²) in [5.41, 5.74) is 2.59. The smallest absolute Gasteiger partial charge is 0.241 e. The molecule has 2 atom stereocenters. The van der Waals surface area contributed by atoms with Crippen LogP contribution in [0.5, 0.6) is 0 Å². The highest BCUT2D eigenvalue weighted by molar-refractivity contribution is 5.75. The molecule has 0 saturated carbocycles. The van der Waals surface area contributed by atoms with Crippen LogP contribution in [0.3, 0.4) is 0 Å². The molecule has 3 aromatic rings. The van der Waals surface area contributed by atoms with Crippen molar-refractivity contribution < 1.29 is 14.6 Å². The highest BCUT2D eigenvalue weighted by atomic mass is 16.5. The highest BCUT2D eigenvalue weighted by Gasteiger charge is 2.13. The molecule has 1 aromatic heterocycles. The molecule has 6 nitrogen and oxygen atoms in total. The fraction of sp³-hybridized carbons (Fsp3) is 0.304. The van der Waals surface area contributed by atoms with Crippen molar-refractivity contribution in [3.63, 3.8) is 0 Å². The third-order valence-electron chi connectivity index (χ3n) is 4.67. The number of nitrogens with zero attached hydrogens (tertiary/aromatic N) is 2. The van der Waals surface area contributed by atoms with Gasteiger partial charge in [0.1, 0.15) is 12.6 Å². The second-order valence-corrected chi connectivity index (χ2v) is 6.91. The molecule has 0 aliphatic carbocycles. The molecule has 0 fully saturated rings. The molecule has 1 amide bonds. The highest BCUT2D eigenvalue weighted by Crippen LogP contribution is 2.20. The van der Waals surface area contributed by atoms with Crippen LogP contribution in [-0.4, -0.2) is 33.9 Å². The van der Waals surface area contributed by atoms with Crippen LogP contribution in [0.4, 0.5) is 0 Å². The van der Waals surface area contributed by atoms with Crippen molar-refractivity contribution in [3.05, 3.63) is 89.7 Å². The first-order valence-electron chi connectivity index (χ1n) is 9.82. The number of aliphatic hydroxyl groups excluding tert-OH is 1. The largest absolute Gasteiger partial charge is 0.384 e. The summed E-state index contributed by atoms with van der Waals surface area (Å²) in [6, 6.07) is 19.4. The first-order chi connectivity index (χ1) is 14.1. The Morgan fingerprint density at radius 2 is 1.72 bits per heavy atom. The topological polar surface area (TPSA) is 76.4 Å². The second-order valence-electron chi connectivity index (χ2n) is 6.91. The van der Waals surface area contributed by atoms with Gasteiger partial charge in [-0.05, 0) is 24.5 Å². The lowest BCUT2D eigenvalue weighted by atomic mass is 10.1. The minimum absolute atomic E-state index is 0.0328. The number of benzene rings is 2. The maximum Gasteiger partial charge on any atom is 0.241 e. The number of aliphatic hydroxyl groups is 1. The molecular formula is C23H27N3O3. The third kappa shape index (κ3) is 6.27. The number of amides is 1. The summed E-state index contributed by atoms with van der Waals surface area (Å²) in [6.45, 7) is 3.25. The fourth-order valence-corrected chi connectivity index (χ4v) is 3.02. The molecule has 152 valence electrons. The van der Waals surface area contributed by atoms with E-state index in [0.717, 1.165) is 17.5 Å². The molecule has 2 N–H and O–H groups in total. The number of carbonyl (C=O) groups is 1. The monoisotopic (exact) mass is 393 g/mol. The van der Waals surface area contributed by atoms with E-state index in [1.54, 1.807) is 12.4 Å². The summed E-state index contributed by atoms with van der Waals surface area (Å²) >= 11 is 0. The molecule has 0 spiro atoms. The lowest BCUT2D eigenvalue weighted by Gasteiger charge is -2.13. The summed E-state index contributed by atoms with van der Waals surface area (Å²) in [6.07, 6.45) is 3.30. The van der Waals surface area contributed by atoms with E-state index in [0.29, 0.717) is 18.7 Å². The van der Waals surface area contributed by atoms with Gasteiger partial charge in [-0.1, -0.05) is 60.7 Å². The molecule has 1 heterocycles. The van der Waals surface area contributed by atoms with Gasteiger partial charge in [0.15, 0.2) is 0 Å². The van der Waals surface area contributed by atoms with Gasteiger partial charge in [-0.2, -0.15) is 5.10 Å². The van der Waals surface area contributed by atoms with Crippen molar-refractivity contribution >= 4 is 5.91 Å². The van der Waals surface area contributed by atoms with Crippen LogP contribution >= 0.6 is 0 Å². The Morgan fingerprint density at radius 1 is 1.07 bits per heavy atom. The Bertz CT molecular complexity index is 881. The van der Waals surface area contributed by atoms with Gasteiger partial charge in [-0.3, -0.25) is 9.48 Å². The Labute approximate surface area is 171 Å². The standard InChI is InChI=1S/C23H27N3O3/c1-18(19-9-4-2-5-10-19)29-14-8-13-24-22(27)17-26-16-21(15-25-26)23(28)20-11-6-3-7-12-20/h2-7,9-12,15-16,18,23,28H,8,13-14,17H2,1H3,(H,24,27). The predicted molar refractivity (Wildman–Crippen MR) is 111 cm³/mol. The van der Waals surface area contributed by atoms with Crippen LogP contribution < -0.4 is 5.32 Å². The van der Waals surface area contributed by atoms with Crippen LogP contribution in [-0.2, 0) is 16.1 Å². The van der Waals surface area contributed by atoms with Gasteiger partial charge in [0.05, 0.1) is 12.3 Å². The number of carbonyl (C=O) groups excluding carboxylic acids is 1. The van der Waals surface area contributed by atoms with Gasteiger partial charge in [0.25, 0.3) is 0 Å². The molecule has 0 saturated heterocycles. The van der Waals surface area contributed by atoms with Gasteiger partial charge in [-0.15, -0.1) is 0 Å². The van der Waals surface area contributed by atoms with Gasteiger partial charge >= 0.3 is 0 Å². The van der Waals surface area contributed by atoms with Gasteiger partial charge in [-0.25, -0.2) is 0 Å². The lowest BCUT2D eigenvalue weighted by Crippen LogP contribution is -2.29. The van der Waals surface area contributed by atoms with Crippen LogP contribution in [0, 0.1) is 0 Å². The number of hydrogen-bond acceptors (Lipinski definition) is 4. The van der Waals surface area contributed by atoms with Crippen LogP contribution in [0.1, 0.15) is 42.2 Å². The zero-order chi connectivity index (χ0) is 20.5. The van der Waals surface area contributed by atoms with Crippen molar-refractivity contribution in [3.8, 4) is 0 Å². The Hall–Kier alpha value is -2.96. The van der Waals surface area contributed by atoms with Crippen molar-refractivity contribution in [2.24, 2.45) is 0 Å². The van der Waals surface area contributed by atoms with Crippen molar-refractivity contribution in [2.75, 3.05) is 13.2 Å². The molecule has 6 heteroatoms. The van der Waals surface area contributed by atoms with E-state index in [1.165, 1.54) is 4.68 Å². The van der Waals surface area contributed by atoms with E-state index >= 15 is 0 Å². The van der Waals surface area contributed by atoms with E-state index in [-0.39, 0.29) is 18.6 Å². The molecule has 0 aliphatic heterocycles. The van der Waals surface area contributed by atoms with E-state index in [9.17, 15) is 9.90 Å². The first-order valence-corrected chi connectivity index (χ1v) is 9.82. The summed E-state index contributed by atoms with van der Waals surface area (Å²) in [5.74, 6) is -0.120. The number of nitrogens with one attached hydrogen (secondary N) is 1. The molecule has 2 aromatic carbocycles. The number of rotatable bonds is 10. The normalized spacial score (nSPS) is 13.0. The maximum atomic E-state index is 12.1. The Kier molecular flexibility index (Phi) is 7.55. The number of hydrogen-bond donors (Lipinski definition) is 2. The Morgan fingerprint density at radius 3 is 2.41 bits per heavy atom. The zero-order valence-corrected chi connectivity index (χ0v) is 16.6. The molecule has 3 rings (SSSR count). The average molecular weight is 393 g/mol. The maximum absolute atomic E-state index is 12.1. The molecule has 2 unspecified atom stereocenters. The Balaban J connectivity index is 1.36. The van der Waals surface area contributed by atoms with Crippen molar-refractivity contribution in [2.45, 2.75) is 32.1 Å². The van der Waals surface area contributed by atoms with E-state index in [2.05, 4.69) is 10.4 Å². The van der Waals surface area contributed by atoms with Gasteiger partial charge in [0, 0.05) is 24.9 Å². The number of aromatic nitrogens is 2. The van der Waals surface area contributed by atoms with Crippen molar-refractivity contribution in [1.82, 2.24) is 15.1 Å². The summed E-state index contributed by atoms with van der Waals surface area (Å²) < 4.78 is 7.34. The van der Waals surface area contributed by atoms with E-state index in [1.807, 2.05) is 67.6 Å². The van der Waals surface area contributed by atoms with Gasteiger partial charge < -0.3 is 15.2 Å². The predicted octanol–water partition coefficient (Wildman–Crippen LogP) is 3.25. The summed E-state index contributed by atoms with van der Waals surface area (Å²) in [4.78, 5) is 12.1. The van der Waals surface area contributed by atoms with Crippen LogP contribution in [0.25, 0.3) is 0 Å². The average Bonchev–Trinajstić information content (AvgIpc) is 3.22. The first kappa shape index (κ1) is 20.8. The summed E-state index contributed by atoms with van der Waals surface area (Å²) in [7, 11) is 0. The lowest BCUT2D eigenvalue weighted by molar-refractivity contribution is -0.121. The minimum atomic E-state index is -0.753. The van der Waals surface area contributed by atoms with Crippen LogP contribution in [0.2, 0.25) is 0 Å². The molecular weight excluding hydrogens is 366 g/mol.